The number of nitrogens with zero attached hydrogens (tertiary/aromatic N) is 1. The molecule has 0 aliphatic heterocycles. The van der Waals surface area contributed by atoms with Gasteiger partial charge in [0.05, 0.1) is 18.0 Å². The van der Waals surface area contributed by atoms with E-state index in [1.54, 1.807) is 19.1 Å². The van der Waals surface area contributed by atoms with Gasteiger partial charge in [0.1, 0.15) is 0 Å². The molecule has 0 N–H and O–H groups in total. The summed E-state index contributed by atoms with van der Waals surface area (Å²) in [6.45, 7) is 1.64. The van der Waals surface area contributed by atoms with Gasteiger partial charge in [0, 0.05) is 12.1 Å². The molecule has 1 rings (SSSR count). The number of non-ortho nitro benzene ring substituents is 1. The molecule has 0 spiro atoms. The number of benzene rings is 1. The van der Waals surface area contributed by atoms with Crippen molar-refractivity contribution in [2.45, 2.75) is 12.8 Å². The number of carbonyl (C=O) groups is 1. The number of nitro groups is 1. The van der Waals surface area contributed by atoms with E-state index in [0.29, 0.717) is 5.56 Å². The van der Waals surface area contributed by atoms with E-state index in [0.717, 1.165) is 0 Å². The molecule has 0 amide bonds. The average Bonchev–Trinajstić information content (AvgIpc) is 2.27. The number of ether oxygens (including phenoxy) is 1. The highest BCUT2D eigenvalue weighted by molar-refractivity contribution is 5.77. The van der Waals surface area contributed by atoms with Gasteiger partial charge < -0.3 is 4.74 Å². The molecule has 0 radical (unpaired) electrons. The van der Waals surface area contributed by atoms with Gasteiger partial charge in [-0.25, -0.2) is 0 Å². The van der Waals surface area contributed by atoms with Crippen LogP contribution in [-0.4, -0.2) is 18.0 Å². The van der Waals surface area contributed by atoms with Crippen molar-refractivity contribution in [3.63, 3.8) is 0 Å². The van der Waals surface area contributed by atoms with Gasteiger partial charge in [0.15, 0.2) is 0 Å². The average molecular weight is 209 g/mol. The van der Waals surface area contributed by atoms with Crippen LogP contribution in [-0.2, 0) is 9.53 Å². The van der Waals surface area contributed by atoms with E-state index in [-0.39, 0.29) is 5.69 Å². The summed E-state index contributed by atoms with van der Waals surface area (Å²) in [5, 5.41) is 10.5. The molecular weight excluding hydrogens is 198 g/mol. The van der Waals surface area contributed by atoms with Crippen LogP contribution in [0.3, 0.4) is 0 Å². The Labute approximate surface area is 86.8 Å². The SMILES string of the molecule is COC(=O)[C@@H](C)c1cccc([N+](=O)[O-])c1. The maximum atomic E-state index is 11.2. The minimum atomic E-state index is -0.493. The Hall–Kier alpha value is -1.91. The van der Waals surface area contributed by atoms with E-state index in [4.69, 9.17) is 0 Å². The van der Waals surface area contributed by atoms with Crippen LogP contribution in [0, 0.1) is 10.1 Å². The van der Waals surface area contributed by atoms with Gasteiger partial charge in [0.2, 0.25) is 0 Å². The molecule has 0 unspecified atom stereocenters. The first-order valence-electron chi connectivity index (χ1n) is 4.38. The lowest BCUT2D eigenvalue weighted by molar-refractivity contribution is -0.384. The molecule has 0 saturated heterocycles. The number of hydrogen-bond donors (Lipinski definition) is 0. The normalized spacial score (nSPS) is 11.9. The first-order valence-corrected chi connectivity index (χ1v) is 4.38. The second-order valence-electron chi connectivity index (χ2n) is 3.10. The van der Waals surface area contributed by atoms with Crippen molar-refractivity contribution in [2.75, 3.05) is 7.11 Å². The predicted molar refractivity (Wildman–Crippen MR) is 53.5 cm³/mol. The van der Waals surface area contributed by atoms with Crippen LogP contribution in [0.15, 0.2) is 24.3 Å². The summed E-state index contributed by atoms with van der Waals surface area (Å²) in [4.78, 5) is 21.2. The van der Waals surface area contributed by atoms with Crippen LogP contribution in [0.5, 0.6) is 0 Å². The Balaban J connectivity index is 3.00. The lowest BCUT2D eigenvalue weighted by Gasteiger charge is -2.08. The van der Waals surface area contributed by atoms with Gasteiger partial charge in [-0.1, -0.05) is 12.1 Å². The summed E-state index contributed by atoms with van der Waals surface area (Å²) in [7, 11) is 1.29. The molecule has 5 nitrogen and oxygen atoms in total. The lowest BCUT2D eigenvalue weighted by Crippen LogP contribution is -2.10. The molecule has 15 heavy (non-hydrogen) atoms. The zero-order chi connectivity index (χ0) is 11.4. The highest BCUT2D eigenvalue weighted by Crippen LogP contribution is 2.21. The predicted octanol–water partition coefficient (Wildman–Crippen LogP) is 1.87. The van der Waals surface area contributed by atoms with Crippen molar-refractivity contribution in [3.8, 4) is 0 Å². The molecule has 1 aromatic rings. The second-order valence-corrected chi connectivity index (χ2v) is 3.10. The van der Waals surface area contributed by atoms with Gasteiger partial charge in [0.25, 0.3) is 5.69 Å². The van der Waals surface area contributed by atoms with Crippen LogP contribution < -0.4 is 0 Å². The van der Waals surface area contributed by atoms with E-state index in [1.807, 2.05) is 0 Å². The van der Waals surface area contributed by atoms with Crippen LogP contribution >= 0.6 is 0 Å². The van der Waals surface area contributed by atoms with Crippen molar-refractivity contribution in [3.05, 3.63) is 39.9 Å². The van der Waals surface area contributed by atoms with Crippen LogP contribution in [0.25, 0.3) is 0 Å². The highest BCUT2D eigenvalue weighted by atomic mass is 16.6. The molecule has 80 valence electrons. The van der Waals surface area contributed by atoms with Crippen molar-refractivity contribution in [2.24, 2.45) is 0 Å². The zero-order valence-electron chi connectivity index (χ0n) is 8.47. The van der Waals surface area contributed by atoms with Crippen LogP contribution in [0.1, 0.15) is 18.4 Å². The third kappa shape index (κ3) is 2.52. The van der Waals surface area contributed by atoms with Gasteiger partial charge >= 0.3 is 5.97 Å². The van der Waals surface area contributed by atoms with Crippen molar-refractivity contribution < 1.29 is 14.5 Å². The number of nitro benzene ring substituents is 1. The molecule has 0 bridgehead atoms. The van der Waals surface area contributed by atoms with E-state index >= 15 is 0 Å². The fraction of sp³-hybridized carbons (Fsp3) is 0.300. The molecule has 1 atom stereocenters. The topological polar surface area (TPSA) is 69.4 Å². The fourth-order valence-corrected chi connectivity index (χ4v) is 1.22. The Morgan fingerprint density at radius 2 is 2.20 bits per heavy atom. The first-order chi connectivity index (χ1) is 7.06. The zero-order valence-corrected chi connectivity index (χ0v) is 8.47. The minimum absolute atomic E-state index is 0.0248. The maximum Gasteiger partial charge on any atom is 0.312 e. The molecule has 0 fully saturated rings. The number of hydrogen-bond acceptors (Lipinski definition) is 4. The summed E-state index contributed by atoms with van der Waals surface area (Å²) in [6, 6.07) is 5.97. The van der Waals surface area contributed by atoms with E-state index < -0.39 is 16.8 Å². The summed E-state index contributed by atoms with van der Waals surface area (Å²) >= 11 is 0. The third-order valence-electron chi connectivity index (χ3n) is 2.14. The highest BCUT2D eigenvalue weighted by Gasteiger charge is 2.17. The van der Waals surface area contributed by atoms with E-state index in [2.05, 4.69) is 4.74 Å². The van der Waals surface area contributed by atoms with Gasteiger partial charge in [-0.2, -0.15) is 0 Å². The van der Waals surface area contributed by atoms with Gasteiger partial charge in [-0.15, -0.1) is 0 Å². The lowest BCUT2D eigenvalue weighted by atomic mass is 10.0. The van der Waals surface area contributed by atoms with Crippen molar-refractivity contribution in [1.29, 1.82) is 0 Å². The summed E-state index contributed by atoms with van der Waals surface area (Å²) in [5.74, 6) is -0.898. The summed E-state index contributed by atoms with van der Waals surface area (Å²) in [5.41, 5.74) is 0.555. The van der Waals surface area contributed by atoms with Crippen molar-refractivity contribution in [1.82, 2.24) is 0 Å². The monoisotopic (exact) mass is 209 g/mol. The van der Waals surface area contributed by atoms with Crippen LogP contribution in [0.2, 0.25) is 0 Å². The van der Waals surface area contributed by atoms with Crippen molar-refractivity contribution >= 4 is 11.7 Å². The Morgan fingerprint density at radius 3 is 2.73 bits per heavy atom. The molecule has 0 aromatic heterocycles. The number of esters is 1. The number of methoxy groups -OCH3 is 1. The van der Waals surface area contributed by atoms with E-state index in [9.17, 15) is 14.9 Å². The second kappa shape index (κ2) is 4.54. The smallest absolute Gasteiger partial charge is 0.312 e. The standard InChI is InChI=1S/C10H11NO4/c1-7(10(12)15-2)8-4-3-5-9(6-8)11(13)14/h3-7H,1-2H3/t7-/m0/s1. The quantitative estimate of drug-likeness (QED) is 0.433. The molecule has 0 aliphatic rings. The summed E-state index contributed by atoms with van der Waals surface area (Å²) in [6.07, 6.45) is 0. The molecule has 0 heterocycles. The summed E-state index contributed by atoms with van der Waals surface area (Å²) < 4.78 is 4.56. The number of carbonyl (C=O) groups excluding carboxylic acids is 1. The molecule has 1 aromatic carbocycles. The Morgan fingerprint density at radius 1 is 1.53 bits per heavy atom. The Kier molecular flexibility index (Phi) is 3.38. The third-order valence-corrected chi connectivity index (χ3v) is 2.14. The molecule has 0 saturated carbocycles. The maximum absolute atomic E-state index is 11.2. The molecular formula is C10H11NO4. The van der Waals surface area contributed by atoms with Crippen LogP contribution in [0.4, 0.5) is 5.69 Å². The largest absolute Gasteiger partial charge is 0.469 e. The van der Waals surface area contributed by atoms with Gasteiger partial charge in [-0.05, 0) is 12.5 Å². The fourth-order valence-electron chi connectivity index (χ4n) is 1.22. The Bertz CT molecular complexity index is 389. The minimum Gasteiger partial charge on any atom is -0.469 e. The van der Waals surface area contributed by atoms with Gasteiger partial charge in [-0.3, -0.25) is 14.9 Å². The van der Waals surface area contributed by atoms with E-state index in [1.165, 1.54) is 19.2 Å². The molecule has 5 heteroatoms. The molecule has 0 aliphatic carbocycles. The first kappa shape index (κ1) is 11.2. The number of rotatable bonds is 3.